The van der Waals surface area contributed by atoms with Gasteiger partial charge in [0.15, 0.2) is 11.5 Å². The number of benzene rings is 3. The number of amides is 2. The summed E-state index contributed by atoms with van der Waals surface area (Å²) in [5, 5.41) is 3.51. The molecule has 13 heteroatoms. The Morgan fingerprint density at radius 3 is 2.14 bits per heavy atom. The minimum Gasteiger partial charge on any atom is -0.495 e. The Kier molecular flexibility index (Phi) is 12.2. The van der Waals surface area contributed by atoms with E-state index in [1.54, 1.807) is 31.2 Å². The van der Waals surface area contributed by atoms with E-state index in [2.05, 4.69) is 5.32 Å². The van der Waals surface area contributed by atoms with Crippen molar-refractivity contribution in [3.63, 3.8) is 0 Å². The van der Waals surface area contributed by atoms with Crippen LogP contribution in [0.4, 0.5) is 5.69 Å². The number of carbonyl (C=O) groups is 2. The number of sulfonamides is 1. The normalized spacial score (nSPS) is 12.5. The van der Waals surface area contributed by atoms with Crippen LogP contribution in [0.2, 0.25) is 10.0 Å². The molecule has 3 aromatic carbocycles. The van der Waals surface area contributed by atoms with E-state index in [0.717, 1.165) is 4.31 Å². The van der Waals surface area contributed by atoms with Crippen molar-refractivity contribution in [2.24, 2.45) is 0 Å². The Balaban J connectivity index is 2.15. The molecule has 2 unspecified atom stereocenters. The molecule has 1 N–H and O–H groups in total. The van der Waals surface area contributed by atoms with Crippen molar-refractivity contribution in [1.29, 1.82) is 0 Å². The van der Waals surface area contributed by atoms with Crippen LogP contribution in [0.15, 0.2) is 65.6 Å². The number of hydrogen-bond donors (Lipinski definition) is 1. The van der Waals surface area contributed by atoms with Crippen LogP contribution in [0.1, 0.15) is 32.8 Å². The number of carbonyl (C=O) groups excluding carboxylic acids is 2. The highest BCUT2D eigenvalue weighted by Gasteiger charge is 2.35. The van der Waals surface area contributed by atoms with Gasteiger partial charge in [-0.2, -0.15) is 0 Å². The van der Waals surface area contributed by atoms with E-state index in [-0.39, 0.29) is 39.7 Å². The first-order valence-electron chi connectivity index (χ1n) is 13.8. The summed E-state index contributed by atoms with van der Waals surface area (Å²) in [6.07, 6.45) is 0.683. The molecule has 0 fully saturated rings. The first-order chi connectivity index (χ1) is 20.9. The van der Waals surface area contributed by atoms with Crippen molar-refractivity contribution in [1.82, 2.24) is 10.2 Å². The van der Waals surface area contributed by atoms with Crippen molar-refractivity contribution < 1.29 is 32.2 Å². The second-order valence-corrected chi connectivity index (χ2v) is 12.7. The Morgan fingerprint density at radius 1 is 0.886 bits per heavy atom. The zero-order valence-electron chi connectivity index (χ0n) is 25.5. The summed E-state index contributed by atoms with van der Waals surface area (Å²) in [5.41, 5.74) is 0.609. The zero-order chi connectivity index (χ0) is 32.6. The summed E-state index contributed by atoms with van der Waals surface area (Å²) in [6.45, 7) is 4.62. The molecule has 10 nitrogen and oxygen atoms in total. The molecule has 0 aliphatic carbocycles. The average Bonchev–Trinajstić information content (AvgIpc) is 3.02. The van der Waals surface area contributed by atoms with Gasteiger partial charge in [0, 0.05) is 28.7 Å². The third-order valence-corrected chi connectivity index (χ3v) is 9.46. The molecule has 0 aliphatic rings. The Morgan fingerprint density at radius 2 is 1.52 bits per heavy atom. The molecule has 0 spiro atoms. The van der Waals surface area contributed by atoms with Crippen molar-refractivity contribution in [2.75, 3.05) is 32.2 Å². The number of anilines is 1. The van der Waals surface area contributed by atoms with E-state index in [0.29, 0.717) is 22.8 Å². The third kappa shape index (κ3) is 8.08. The number of hydrogen-bond acceptors (Lipinski definition) is 7. The van der Waals surface area contributed by atoms with E-state index in [1.165, 1.54) is 62.6 Å². The number of nitrogens with zero attached hydrogens (tertiary/aromatic N) is 2. The summed E-state index contributed by atoms with van der Waals surface area (Å²) in [5.74, 6) is -0.404. The lowest BCUT2D eigenvalue weighted by Gasteiger charge is -2.33. The highest BCUT2D eigenvalue weighted by molar-refractivity contribution is 7.92. The maximum Gasteiger partial charge on any atom is 0.265 e. The van der Waals surface area contributed by atoms with Crippen LogP contribution >= 0.6 is 23.2 Å². The van der Waals surface area contributed by atoms with Crippen molar-refractivity contribution >= 4 is 50.7 Å². The van der Waals surface area contributed by atoms with Crippen LogP contribution in [0.3, 0.4) is 0 Å². The number of rotatable bonds is 14. The standard InChI is InChI=1S/C31H37Cl2N3O7S/c1-7-20(2)34-31(38)21(3)35(18-22-10-8-9-11-25(22)33)30(37)19-36(26-16-23(32)12-14-27(26)41-4)44(39,40)24-13-15-28(42-5)29(17-24)43-6/h8-17,20-21H,7,18-19H2,1-6H3,(H,34,38). The molecule has 238 valence electrons. The second kappa shape index (κ2) is 15.4. The molecule has 0 heterocycles. The number of halogens is 2. The van der Waals surface area contributed by atoms with Gasteiger partial charge >= 0.3 is 0 Å². The highest BCUT2D eigenvalue weighted by atomic mass is 35.5. The molecule has 0 aliphatic heterocycles. The summed E-state index contributed by atoms with van der Waals surface area (Å²) in [6, 6.07) is 14.3. The van der Waals surface area contributed by atoms with Gasteiger partial charge in [-0.05, 0) is 62.2 Å². The topological polar surface area (TPSA) is 114 Å². The maximum absolute atomic E-state index is 14.3. The molecule has 0 aromatic heterocycles. The van der Waals surface area contributed by atoms with Crippen LogP contribution < -0.4 is 23.8 Å². The zero-order valence-corrected chi connectivity index (χ0v) is 27.8. The van der Waals surface area contributed by atoms with Gasteiger partial charge in [0.1, 0.15) is 18.3 Å². The van der Waals surface area contributed by atoms with Gasteiger partial charge in [0.05, 0.1) is 31.9 Å². The molecule has 0 saturated carbocycles. The van der Waals surface area contributed by atoms with E-state index < -0.39 is 34.4 Å². The van der Waals surface area contributed by atoms with E-state index in [9.17, 15) is 18.0 Å². The van der Waals surface area contributed by atoms with Crippen molar-refractivity contribution in [3.8, 4) is 17.2 Å². The van der Waals surface area contributed by atoms with Gasteiger partial charge in [-0.25, -0.2) is 8.42 Å². The van der Waals surface area contributed by atoms with E-state index in [1.807, 2.05) is 13.8 Å². The lowest BCUT2D eigenvalue weighted by Crippen LogP contribution is -2.52. The monoisotopic (exact) mass is 665 g/mol. The van der Waals surface area contributed by atoms with Gasteiger partial charge in [0.2, 0.25) is 11.8 Å². The summed E-state index contributed by atoms with van der Waals surface area (Å²) < 4.78 is 45.6. The lowest BCUT2D eigenvalue weighted by atomic mass is 10.1. The van der Waals surface area contributed by atoms with Gasteiger partial charge in [-0.3, -0.25) is 13.9 Å². The third-order valence-electron chi connectivity index (χ3n) is 7.10. The minimum absolute atomic E-state index is 0.0255. The van der Waals surface area contributed by atoms with Crippen LogP contribution in [-0.4, -0.2) is 65.1 Å². The fraction of sp³-hybridized carbons (Fsp3) is 0.355. The largest absolute Gasteiger partial charge is 0.495 e. The van der Waals surface area contributed by atoms with Gasteiger partial charge in [-0.15, -0.1) is 0 Å². The van der Waals surface area contributed by atoms with Gasteiger partial charge in [0.25, 0.3) is 10.0 Å². The lowest BCUT2D eigenvalue weighted by molar-refractivity contribution is -0.139. The predicted octanol–water partition coefficient (Wildman–Crippen LogP) is 5.55. The van der Waals surface area contributed by atoms with Crippen LogP contribution in [0.5, 0.6) is 17.2 Å². The second-order valence-electron chi connectivity index (χ2n) is 9.95. The van der Waals surface area contributed by atoms with Gasteiger partial charge in [-0.1, -0.05) is 48.3 Å². The van der Waals surface area contributed by atoms with Crippen molar-refractivity contribution in [3.05, 3.63) is 76.3 Å². The van der Waals surface area contributed by atoms with Crippen LogP contribution in [-0.2, 0) is 26.2 Å². The SMILES string of the molecule is CCC(C)NC(=O)C(C)N(Cc1ccccc1Cl)C(=O)CN(c1cc(Cl)ccc1OC)S(=O)(=O)c1ccc(OC)c(OC)c1. The fourth-order valence-corrected chi connectivity index (χ4v) is 6.13. The van der Waals surface area contributed by atoms with Crippen LogP contribution in [0, 0.1) is 0 Å². The number of ether oxygens (including phenoxy) is 3. The fourth-order valence-electron chi connectivity index (χ4n) is 4.33. The molecule has 0 saturated heterocycles. The smallest absolute Gasteiger partial charge is 0.265 e. The Labute approximate surface area is 268 Å². The Bertz CT molecular complexity index is 1590. The molecule has 44 heavy (non-hydrogen) atoms. The quantitative estimate of drug-likeness (QED) is 0.240. The molecular weight excluding hydrogens is 629 g/mol. The predicted molar refractivity (Wildman–Crippen MR) is 171 cm³/mol. The molecular formula is C31H37Cl2N3O7S. The molecule has 0 bridgehead atoms. The molecule has 3 rings (SSSR count). The number of nitrogens with one attached hydrogen (secondary N) is 1. The van der Waals surface area contributed by atoms with E-state index in [4.69, 9.17) is 37.4 Å². The molecule has 3 aromatic rings. The van der Waals surface area contributed by atoms with Gasteiger partial charge < -0.3 is 24.4 Å². The summed E-state index contributed by atoms with van der Waals surface area (Å²) >= 11 is 12.7. The molecule has 2 amide bonds. The summed E-state index contributed by atoms with van der Waals surface area (Å²) in [7, 11) is -0.265. The minimum atomic E-state index is -4.45. The first-order valence-corrected chi connectivity index (χ1v) is 16.0. The Hall–Kier alpha value is -3.67. The highest BCUT2D eigenvalue weighted by Crippen LogP contribution is 2.37. The summed E-state index contributed by atoms with van der Waals surface area (Å²) in [4.78, 5) is 28.6. The number of methoxy groups -OCH3 is 3. The van der Waals surface area contributed by atoms with Crippen molar-refractivity contribution in [2.45, 2.75) is 50.7 Å². The van der Waals surface area contributed by atoms with Crippen LogP contribution in [0.25, 0.3) is 0 Å². The van der Waals surface area contributed by atoms with E-state index >= 15 is 0 Å². The average molecular weight is 667 g/mol. The molecule has 2 atom stereocenters. The first kappa shape index (κ1) is 34.8. The molecule has 0 radical (unpaired) electrons. The maximum atomic E-state index is 14.3.